The lowest BCUT2D eigenvalue weighted by Crippen LogP contribution is -2.53. The molecule has 1 atom stereocenters. The molecule has 2 rings (SSSR count). The Morgan fingerprint density at radius 1 is 1.03 bits per heavy atom. The summed E-state index contributed by atoms with van der Waals surface area (Å²) in [4.78, 5) is 27.5. The Morgan fingerprint density at radius 3 is 2.19 bits per heavy atom. The summed E-state index contributed by atoms with van der Waals surface area (Å²) < 4.78 is 6.64. The van der Waals surface area contributed by atoms with Crippen molar-refractivity contribution in [2.45, 2.75) is 72.0 Å². The highest BCUT2D eigenvalue weighted by molar-refractivity contribution is 9.10. The first kappa shape index (κ1) is 25.9. The van der Waals surface area contributed by atoms with E-state index >= 15 is 0 Å². The highest BCUT2D eigenvalue weighted by Crippen LogP contribution is 2.31. The standard InChI is InChI=1S/C26H35BrN2O3/c1-18(24(31)28-26(5,6)7)29(16-19-11-9-8-10-12-19)23(30)17-32-22-14-13-20(15-21(22)27)25(2,3)4/h8-15,18H,16-17H2,1-7H3,(H,28,31)/t18-/m0/s1. The molecule has 0 aromatic heterocycles. The van der Waals surface area contributed by atoms with Crippen LogP contribution < -0.4 is 10.1 Å². The van der Waals surface area contributed by atoms with E-state index in [4.69, 9.17) is 4.74 Å². The first-order chi connectivity index (χ1) is 14.8. The molecule has 0 heterocycles. The number of halogens is 1. The number of ether oxygens (including phenoxy) is 1. The average Bonchev–Trinajstić information content (AvgIpc) is 2.69. The average molecular weight is 503 g/mol. The second-order valence-corrected chi connectivity index (χ2v) is 11.0. The van der Waals surface area contributed by atoms with E-state index in [1.807, 2.05) is 69.3 Å². The molecule has 5 nitrogen and oxygen atoms in total. The second-order valence-electron chi connectivity index (χ2n) is 10.1. The predicted molar refractivity (Wildman–Crippen MR) is 133 cm³/mol. The smallest absolute Gasteiger partial charge is 0.261 e. The van der Waals surface area contributed by atoms with Gasteiger partial charge in [-0.15, -0.1) is 0 Å². The van der Waals surface area contributed by atoms with Crippen LogP contribution in [0.25, 0.3) is 0 Å². The van der Waals surface area contributed by atoms with Gasteiger partial charge in [0.1, 0.15) is 11.8 Å². The summed E-state index contributed by atoms with van der Waals surface area (Å²) in [6.45, 7) is 14.1. The van der Waals surface area contributed by atoms with Gasteiger partial charge in [0.05, 0.1) is 4.47 Å². The van der Waals surface area contributed by atoms with Gasteiger partial charge in [0.15, 0.2) is 6.61 Å². The van der Waals surface area contributed by atoms with Crippen molar-refractivity contribution in [3.63, 3.8) is 0 Å². The van der Waals surface area contributed by atoms with Gasteiger partial charge in [-0.2, -0.15) is 0 Å². The number of hydrogen-bond donors (Lipinski definition) is 1. The van der Waals surface area contributed by atoms with Crippen molar-refractivity contribution < 1.29 is 14.3 Å². The minimum absolute atomic E-state index is 0.0131. The normalized spacial score (nSPS) is 12.8. The van der Waals surface area contributed by atoms with Crippen LogP contribution >= 0.6 is 15.9 Å². The van der Waals surface area contributed by atoms with Gasteiger partial charge in [-0.3, -0.25) is 9.59 Å². The molecule has 2 aromatic rings. The second kappa shape index (κ2) is 10.5. The Balaban J connectivity index is 2.18. The Kier molecular flexibility index (Phi) is 8.52. The Labute approximate surface area is 200 Å². The van der Waals surface area contributed by atoms with Crippen molar-refractivity contribution in [3.8, 4) is 5.75 Å². The fourth-order valence-electron chi connectivity index (χ4n) is 3.14. The molecule has 32 heavy (non-hydrogen) atoms. The summed E-state index contributed by atoms with van der Waals surface area (Å²) in [5.41, 5.74) is 1.75. The van der Waals surface area contributed by atoms with Crippen LogP contribution in [0, 0.1) is 0 Å². The monoisotopic (exact) mass is 502 g/mol. The third-order valence-electron chi connectivity index (χ3n) is 5.01. The Morgan fingerprint density at radius 2 is 1.66 bits per heavy atom. The largest absolute Gasteiger partial charge is 0.483 e. The SMILES string of the molecule is C[C@@H](C(=O)NC(C)(C)C)N(Cc1ccccc1)C(=O)COc1ccc(C(C)(C)C)cc1Br. The van der Waals surface area contributed by atoms with Gasteiger partial charge in [0, 0.05) is 12.1 Å². The molecular weight excluding hydrogens is 468 g/mol. The van der Waals surface area contributed by atoms with Crippen molar-refractivity contribution in [1.82, 2.24) is 10.2 Å². The molecule has 0 spiro atoms. The molecule has 0 bridgehead atoms. The minimum atomic E-state index is -0.641. The zero-order valence-electron chi connectivity index (χ0n) is 20.2. The molecule has 0 radical (unpaired) electrons. The third-order valence-corrected chi connectivity index (χ3v) is 5.63. The molecule has 0 unspecified atom stereocenters. The van der Waals surface area contributed by atoms with E-state index in [0.717, 1.165) is 10.0 Å². The third kappa shape index (κ3) is 7.66. The number of benzene rings is 2. The van der Waals surface area contributed by atoms with Crippen molar-refractivity contribution >= 4 is 27.7 Å². The van der Waals surface area contributed by atoms with Gasteiger partial charge < -0.3 is 15.0 Å². The van der Waals surface area contributed by atoms with Gasteiger partial charge in [0.2, 0.25) is 5.91 Å². The van der Waals surface area contributed by atoms with Crippen LogP contribution in [0.3, 0.4) is 0 Å². The lowest BCUT2D eigenvalue weighted by Gasteiger charge is -2.31. The van der Waals surface area contributed by atoms with Crippen LogP contribution in [0.2, 0.25) is 0 Å². The lowest BCUT2D eigenvalue weighted by atomic mass is 9.87. The highest BCUT2D eigenvalue weighted by atomic mass is 79.9. The zero-order chi connectivity index (χ0) is 24.1. The molecule has 0 aliphatic heterocycles. The van der Waals surface area contributed by atoms with E-state index in [9.17, 15) is 9.59 Å². The molecule has 0 fully saturated rings. The molecule has 0 saturated heterocycles. The summed E-state index contributed by atoms with van der Waals surface area (Å²) in [5, 5.41) is 2.96. The molecule has 0 aliphatic rings. The molecule has 2 aromatic carbocycles. The number of carbonyl (C=O) groups excluding carboxylic acids is 2. The number of nitrogens with zero attached hydrogens (tertiary/aromatic N) is 1. The van der Waals surface area contributed by atoms with E-state index in [2.05, 4.69) is 42.0 Å². The predicted octanol–water partition coefficient (Wildman–Crippen LogP) is 5.46. The molecule has 0 saturated carbocycles. The van der Waals surface area contributed by atoms with E-state index in [1.165, 1.54) is 5.56 Å². The minimum Gasteiger partial charge on any atom is -0.483 e. The van der Waals surface area contributed by atoms with Gasteiger partial charge in [-0.05, 0) is 72.3 Å². The first-order valence-electron chi connectivity index (χ1n) is 10.9. The topological polar surface area (TPSA) is 58.6 Å². The maximum atomic E-state index is 13.2. The zero-order valence-corrected chi connectivity index (χ0v) is 21.7. The lowest BCUT2D eigenvalue weighted by molar-refractivity contribution is -0.142. The fraction of sp³-hybridized carbons (Fsp3) is 0.462. The molecular formula is C26H35BrN2O3. The molecule has 0 aliphatic carbocycles. The van der Waals surface area contributed by atoms with E-state index in [-0.39, 0.29) is 29.4 Å². The van der Waals surface area contributed by atoms with Gasteiger partial charge in [0.25, 0.3) is 5.91 Å². The molecule has 1 N–H and O–H groups in total. The number of rotatable bonds is 7. The fourth-order valence-corrected chi connectivity index (χ4v) is 3.64. The van der Waals surface area contributed by atoms with Crippen LogP contribution in [0.15, 0.2) is 53.0 Å². The van der Waals surface area contributed by atoms with Gasteiger partial charge in [-0.25, -0.2) is 0 Å². The molecule has 6 heteroatoms. The van der Waals surface area contributed by atoms with Crippen molar-refractivity contribution in [1.29, 1.82) is 0 Å². The summed E-state index contributed by atoms with van der Waals surface area (Å²) in [5.74, 6) is 0.146. The number of amides is 2. The number of nitrogens with one attached hydrogen (secondary N) is 1. The van der Waals surface area contributed by atoms with Crippen molar-refractivity contribution in [3.05, 3.63) is 64.1 Å². The number of carbonyl (C=O) groups is 2. The van der Waals surface area contributed by atoms with E-state index < -0.39 is 6.04 Å². The highest BCUT2D eigenvalue weighted by Gasteiger charge is 2.28. The Bertz CT molecular complexity index is 930. The van der Waals surface area contributed by atoms with Crippen LogP contribution in [0.5, 0.6) is 5.75 Å². The summed E-state index contributed by atoms with van der Waals surface area (Å²) >= 11 is 3.55. The van der Waals surface area contributed by atoms with Crippen LogP contribution in [-0.4, -0.2) is 34.9 Å². The maximum Gasteiger partial charge on any atom is 0.261 e. The molecule has 2 amide bonds. The quantitative estimate of drug-likeness (QED) is 0.546. The Hall–Kier alpha value is -2.34. The van der Waals surface area contributed by atoms with Crippen molar-refractivity contribution in [2.75, 3.05) is 6.61 Å². The maximum absolute atomic E-state index is 13.2. The molecule has 174 valence electrons. The van der Waals surface area contributed by atoms with Crippen molar-refractivity contribution in [2.24, 2.45) is 0 Å². The van der Waals surface area contributed by atoms with Gasteiger partial charge in [-0.1, -0.05) is 57.2 Å². The number of hydrogen-bond acceptors (Lipinski definition) is 3. The first-order valence-corrected chi connectivity index (χ1v) is 11.7. The van der Waals surface area contributed by atoms with E-state index in [0.29, 0.717) is 12.3 Å². The van der Waals surface area contributed by atoms with E-state index in [1.54, 1.807) is 11.8 Å². The summed E-state index contributed by atoms with van der Waals surface area (Å²) in [6, 6.07) is 14.9. The van der Waals surface area contributed by atoms with Crippen LogP contribution in [0.1, 0.15) is 59.6 Å². The van der Waals surface area contributed by atoms with Crippen LogP contribution in [-0.2, 0) is 21.5 Å². The van der Waals surface area contributed by atoms with Crippen LogP contribution in [0.4, 0.5) is 0 Å². The van der Waals surface area contributed by atoms with Gasteiger partial charge >= 0.3 is 0 Å². The summed E-state index contributed by atoms with van der Waals surface area (Å²) in [6.07, 6.45) is 0. The summed E-state index contributed by atoms with van der Waals surface area (Å²) in [7, 11) is 0.